The molecule has 0 unspecified atom stereocenters. The zero-order valence-corrected chi connectivity index (χ0v) is 12.6. The summed E-state index contributed by atoms with van der Waals surface area (Å²) in [5.74, 6) is -0.0186. The van der Waals surface area contributed by atoms with Gasteiger partial charge in [-0.15, -0.1) is 11.3 Å². The molecule has 0 fully saturated rings. The van der Waals surface area contributed by atoms with Crippen molar-refractivity contribution in [1.82, 2.24) is 0 Å². The highest BCUT2D eigenvalue weighted by molar-refractivity contribution is 7.14. The SMILES string of the molecule is Cc1cc(C(=O)Nc2ccc3c(c2)CCCN3)sc1C. The molecule has 0 saturated heterocycles. The first-order chi connectivity index (χ1) is 9.63. The number of rotatable bonds is 2. The maximum atomic E-state index is 12.2. The van der Waals surface area contributed by atoms with Gasteiger partial charge in [-0.3, -0.25) is 4.79 Å². The summed E-state index contributed by atoms with van der Waals surface area (Å²) in [6.07, 6.45) is 2.22. The highest BCUT2D eigenvalue weighted by atomic mass is 32.1. The Morgan fingerprint density at radius 1 is 1.30 bits per heavy atom. The van der Waals surface area contributed by atoms with Crippen molar-refractivity contribution in [3.8, 4) is 0 Å². The molecule has 3 nitrogen and oxygen atoms in total. The Morgan fingerprint density at radius 3 is 2.90 bits per heavy atom. The molecule has 2 aromatic rings. The summed E-state index contributed by atoms with van der Waals surface area (Å²) < 4.78 is 0. The fraction of sp³-hybridized carbons (Fsp3) is 0.312. The summed E-state index contributed by atoms with van der Waals surface area (Å²) in [7, 11) is 0. The van der Waals surface area contributed by atoms with Crippen LogP contribution in [0.1, 0.15) is 32.1 Å². The lowest BCUT2D eigenvalue weighted by atomic mass is 10.0. The minimum absolute atomic E-state index is 0.0186. The molecule has 1 amide bonds. The minimum atomic E-state index is -0.0186. The maximum absolute atomic E-state index is 12.2. The Labute approximate surface area is 123 Å². The number of hydrogen-bond acceptors (Lipinski definition) is 3. The Hall–Kier alpha value is -1.81. The van der Waals surface area contributed by atoms with Crippen LogP contribution in [0.5, 0.6) is 0 Å². The molecule has 2 N–H and O–H groups in total. The zero-order chi connectivity index (χ0) is 14.1. The van der Waals surface area contributed by atoms with Crippen LogP contribution in [-0.4, -0.2) is 12.5 Å². The van der Waals surface area contributed by atoms with Crippen molar-refractivity contribution in [3.05, 3.63) is 45.1 Å². The minimum Gasteiger partial charge on any atom is -0.385 e. The summed E-state index contributed by atoms with van der Waals surface area (Å²) in [5.41, 5.74) is 4.53. The lowest BCUT2D eigenvalue weighted by Crippen LogP contribution is -2.14. The van der Waals surface area contributed by atoms with E-state index in [-0.39, 0.29) is 5.91 Å². The first kappa shape index (κ1) is 13.2. The molecular formula is C16H18N2OS. The van der Waals surface area contributed by atoms with Crippen molar-refractivity contribution in [1.29, 1.82) is 0 Å². The zero-order valence-electron chi connectivity index (χ0n) is 11.7. The molecule has 4 heteroatoms. The number of hydrogen-bond donors (Lipinski definition) is 2. The quantitative estimate of drug-likeness (QED) is 0.877. The van der Waals surface area contributed by atoms with E-state index in [1.54, 1.807) is 11.3 Å². The Balaban J connectivity index is 1.79. The Kier molecular flexibility index (Phi) is 3.49. The Bertz CT molecular complexity index is 641. The molecule has 1 aromatic carbocycles. The van der Waals surface area contributed by atoms with Crippen LogP contribution in [0.2, 0.25) is 0 Å². The molecule has 0 spiro atoms. The molecule has 2 heterocycles. The molecule has 1 aliphatic rings. The summed E-state index contributed by atoms with van der Waals surface area (Å²) in [5, 5.41) is 6.37. The van der Waals surface area contributed by atoms with E-state index >= 15 is 0 Å². The number of benzene rings is 1. The molecule has 20 heavy (non-hydrogen) atoms. The monoisotopic (exact) mass is 286 g/mol. The predicted octanol–water partition coefficient (Wildman–Crippen LogP) is 3.98. The highest BCUT2D eigenvalue weighted by Gasteiger charge is 2.13. The summed E-state index contributed by atoms with van der Waals surface area (Å²) in [6.45, 7) is 5.11. The second kappa shape index (κ2) is 5.29. The van der Waals surface area contributed by atoms with Crippen LogP contribution in [0, 0.1) is 13.8 Å². The van der Waals surface area contributed by atoms with Crippen LogP contribution in [0.3, 0.4) is 0 Å². The van der Waals surface area contributed by atoms with Crippen molar-refractivity contribution in [2.45, 2.75) is 26.7 Å². The fourth-order valence-electron chi connectivity index (χ4n) is 2.43. The molecule has 0 radical (unpaired) electrons. The average Bonchev–Trinajstić information content (AvgIpc) is 2.79. The van der Waals surface area contributed by atoms with E-state index in [0.29, 0.717) is 0 Å². The normalized spacial score (nSPS) is 13.5. The van der Waals surface area contributed by atoms with Gasteiger partial charge in [-0.1, -0.05) is 0 Å². The van der Waals surface area contributed by atoms with Crippen molar-refractivity contribution in [2.75, 3.05) is 17.2 Å². The molecule has 0 bridgehead atoms. The smallest absolute Gasteiger partial charge is 0.265 e. The van der Waals surface area contributed by atoms with Crippen molar-refractivity contribution in [2.24, 2.45) is 0 Å². The fourth-order valence-corrected chi connectivity index (χ4v) is 3.36. The van der Waals surface area contributed by atoms with Crippen LogP contribution in [0.15, 0.2) is 24.3 Å². The van der Waals surface area contributed by atoms with Gasteiger partial charge < -0.3 is 10.6 Å². The average molecular weight is 286 g/mol. The first-order valence-corrected chi connectivity index (χ1v) is 7.70. The number of anilines is 2. The van der Waals surface area contributed by atoms with Gasteiger partial charge in [-0.05, 0) is 62.1 Å². The van der Waals surface area contributed by atoms with Crippen LogP contribution in [-0.2, 0) is 6.42 Å². The summed E-state index contributed by atoms with van der Waals surface area (Å²) in [6, 6.07) is 8.04. The van der Waals surface area contributed by atoms with Gasteiger partial charge in [0, 0.05) is 22.8 Å². The molecule has 3 rings (SSSR count). The van der Waals surface area contributed by atoms with E-state index in [1.807, 2.05) is 26.0 Å². The van der Waals surface area contributed by atoms with Gasteiger partial charge in [0.05, 0.1) is 4.88 Å². The van der Waals surface area contributed by atoms with Gasteiger partial charge in [-0.2, -0.15) is 0 Å². The molecule has 0 aliphatic carbocycles. The molecule has 0 saturated carbocycles. The molecule has 1 aromatic heterocycles. The topological polar surface area (TPSA) is 41.1 Å². The second-order valence-corrected chi connectivity index (χ2v) is 6.46. The van der Waals surface area contributed by atoms with E-state index in [1.165, 1.54) is 21.7 Å². The third-order valence-corrected chi connectivity index (χ3v) is 4.84. The number of carbonyl (C=O) groups is 1. The first-order valence-electron chi connectivity index (χ1n) is 6.88. The van der Waals surface area contributed by atoms with Gasteiger partial charge in [0.1, 0.15) is 0 Å². The van der Waals surface area contributed by atoms with Crippen LogP contribution < -0.4 is 10.6 Å². The number of thiophene rings is 1. The van der Waals surface area contributed by atoms with Crippen molar-refractivity contribution in [3.63, 3.8) is 0 Å². The number of carbonyl (C=O) groups excluding carboxylic acids is 1. The standard InChI is InChI=1S/C16H18N2OS/c1-10-8-15(20-11(10)2)16(19)18-13-5-6-14-12(9-13)4-3-7-17-14/h5-6,8-9,17H,3-4,7H2,1-2H3,(H,18,19). The van der Waals surface area contributed by atoms with E-state index in [4.69, 9.17) is 0 Å². The highest BCUT2D eigenvalue weighted by Crippen LogP contribution is 2.26. The maximum Gasteiger partial charge on any atom is 0.265 e. The molecule has 0 atom stereocenters. The summed E-state index contributed by atoms with van der Waals surface area (Å²) >= 11 is 1.55. The van der Waals surface area contributed by atoms with Crippen LogP contribution in [0.4, 0.5) is 11.4 Å². The molecular weight excluding hydrogens is 268 g/mol. The van der Waals surface area contributed by atoms with E-state index in [0.717, 1.165) is 30.0 Å². The summed E-state index contributed by atoms with van der Waals surface area (Å²) in [4.78, 5) is 14.2. The van der Waals surface area contributed by atoms with Gasteiger partial charge in [0.2, 0.25) is 0 Å². The third-order valence-electron chi connectivity index (χ3n) is 3.69. The predicted molar refractivity (Wildman–Crippen MR) is 85.0 cm³/mol. The number of nitrogens with one attached hydrogen (secondary N) is 2. The van der Waals surface area contributed by atoms with E-state index < -0.39 is 0 Å². The van der Waals surface area contributed by atoms with Gasteiger partial charge in [0.25, 0.3) is 5.91 Å². The third kappa shape index (κ3) is 2.56. The number of aryl methyl sites for hydroxylation is 3. The molecule has 104 valence electrons. The Morgan fingerprint density at radius 2 is 2.15 bits per heavy atom. The lowest BCUT2D eigenvalue weighted by Gasteiger charge is -2.18. The van der Waals surface area contributed by atoms with Crippen molar-refractivity contribution >= 4 is 28.6 Å². The van der Waals surface area contributed by atoms with Crippen molar-refractivity contribution < 1.29 is 4.79 Å². The second-order valence-electron chi connectivity index (χ2n) is 5.21. The number of amides is 1. The van der Waals surface area contributed by atoms with Crippen LogP contribution >= 0.6 is 11.3 Å². The number of fused-ring (bicyclic) bond motifs is 1. The van der Waals surface area contributed by atoms with Crippen LogP contribution in [0.25, 0.3) is 0 Å². The molecule has 1 aliphatic heterocycles. The largest absolute Gasteiger partial charge is 0.385 e. The van der Waals surface area contributed by atoms with Gasteiger partial charge in [0.15, 0.2) is 0 Å². The van der Waals surface area contributed by atoms with E-state index in [2.05, 4.69) is 22.8 Å². The van der Waals surface area contributed by atoms with Gasteiger partial charge >= 0.3 is 0 Å². The van der Waals surface area contributed by atoms with E-state index in [9.17, 15) is 4.79 Å². The van der Waals surface area contributed by atoms with Gasteiger partial charge in [-0.25, -0.2) is 0 Å². The lowest BCUT2D eigenvalue weighted by molar-refractivity contribution is 0.103.